The van der Waals surface area contributed by atoms with Gasteiger partial charge in [0.25, 0.3) is 5.91 Å². The maximum atomic E-state index is 12.2. The molecule has 0 bridgehead atoms. The average Bonchev–Trinajstić information content (AvgIpc) is 2.81. The van der Waals surface area contributed by atoms with E-state index in [9.17, 15) is 4.79 Å². The number of rotatable bonds is 5. The van der Waals surface area contributed by atoms with Gasteiger partial charge < -0.3 is 19.5 Å². The number of carbonyl (C=O) groups excluding carboxylic acids is 1. The zero-order valence-corrected chi connectivity index (χ0v) is 9.87. The molecule has 0 radical (unpaired) electrons. The van der Waals surface area contributed by atoms with Crippen molar-refractivity contribution in [2.75, 3.05) is 26.3 Å². The number of furan rings is 1. The predicted octanol–water partition coefficient (Wildman–Crippen LogP) is 0.860. The van der Waals surface area contributed by atoms with E-state index in [2.05, 4.69) is 0 Å². The molecule has 0 fully saturated rings. The Labute approximate surface area is 104 Å². The molecule has 1 heterocycles. The van der Waals surface area contributed by atoms with E-state index in [0.717, 1.165) is 5.39 Å². The summed E-state index contributed by atoms with van der Waals surface area (Å²) in [6.45, 7) is 0.112. The first-order valence-electron chi connectivity index (χ1n) is 5.75. The van der Waals surface area contributed by atoms with Gasteiger partial charge in [0.1, 0.15) is 11.8 Å². The van der Waals surface area contributed by atoms with Gasteiger partial charge in [0.15, 0.2) is 0 Å². The first-order chi connectivity index (χ1) is 8.77. The molecule has 0 saturated carbocycles. The molecule has 18 heavy (non-hydrogen) atoms. The van der Waals surface area contributed by atoms with Crippen LogP contribution in [0.1, 0.15) is 10.4 Å². The summed E-state index contributed by atoms with van der Waals surface area (Å²) in [6.07, 6.45) is 1.41. The van der Waals surface area contributed by atoms with Crippen LogP contribution in [0.5, 0.6) is 0 Å². The summed E-state index contributed by atoms with van der Waals surface area (Å²) >= 11 is 0. The van der Waals surface area contributed by atoms with Crippen molar-refractivity contribution in [2.24, 2.45) is 0 Å². The van der Waals surface area contributed by atoms with Crippen LogP contribution in [0, 0.1) is 0 Å². The van der Waals surface area contributed by atoms with Crippen molar-refractivity contribution < 1.29 is 19.4 Å². The second kappa shape index (κ2) is 5.66. The second-order valence-electron chi connectivity index (χ2n) is 3.88. The highest BCUT2D eigenvalue weighted by atomic mass is 16.3. The number of hydrogen-bond donors (Lipinski definition) is 2. The number of aliphatic hydroxyl groups excluding tert-OH is 2. The third-order valence-corrected chi connectivity index (χ3v) is 2.74. The van der Waals surface area contributed by atoms with Crippen LogP contribution in [-0.2, 0) is 0 Å². The van der Waals surface area contributed by atoms with Crippen molar-refractivity contribution in [3.63, 3.8) is 0 Å². The Morgan fingerprint density at radius 1 is 1.17 bits per heavy atom. The van der Waals surface area contributed by atoms with Crippen molar-refractivity contribution in [1.29, 1.82) is 0 Å². The highest BCUT2D eigenvalue weighted by Crippen LogP contribution is 2.21. The van der Waals surface area contributed by atoms with E-state index >= 15 is 0 Å². The molecule has 0 saturated heterocycles. The number of aliphatic hydroxyl groups is 2. The van der Waals surface area contributed by atoms with E-state index in [1.165, 1.54) is 11.2 Å². The van der Waals surface area contributed by atoms with E-state index in [4.69, 9.17) is 14.6 Å². The predicted molar refractivity (Wildman–Crippen MR) is 66.3 cm³/mol. The van der Waals surface area contributed by atoms with Gasteiger partial charge >= 0.3 is 0 Å². The van der Waals surface area contributed by atoms with Gasteiger partial charge in [0.2, 0.25) is 0 Å². The van der Waals surface area contributed by atoms with Crippen LogP contribution >= 0.6 is 0 Å². The molecule has 0 spiro atoms. The summed E-state index contributed by atoms with van der Waals surface area (Å²) in [6, 6.07) is 7.26. The maximum Gasteiger partial charge on any atom is 0.257 e. The molecular weight excluding hydrogens is 234 g/mol. The fourth-order valence-corrected chi connectivity index (χ4v) is 1.87. The standard InChI is InChI=1S/C13H15NO4/c15-7-5-14(6-8-16)13(17)11-9-18-12-4-2-1-3-10(11)12/h1-4,9,15-16H,5-8H2. The van der Waals surface area contributed by atoms with E-state index in [1.807, 2.05) is 18.2 Å². The van der Waals surface area contributed by atoms with Crippen molar-refractivity contribution in [3.05, 3.63) is 36.1 Å². The minimum Gasteiger partial charge on any atom is -0.463 e. The van der Waals surface area contributed by atoms with Crippen molar-refractivity contribution in [2.45, 2.75) is 0 Å². The lowest BCUT2D eigenvalue weighted by molar-refractivity contribution is 0.0686. The number of para-hydroxylation sites is 1. The summed E-state index contributed by atoms with van der Waals surface area (Å²) in [7, 11) is 0. The van der Waals surface area contributed by atoms with Crippen LogP contribution in [-0.4, -0.2) is 47.3 Å². The van der Waals surface area contributed by atoms with E-state index in [1.54, 1.807) is 6.07 Å². The monoisotopic (exact) mass is 249 g/mol. The van der Waals surface area contributed by atoms with Crippen LogP contribution in [0.25, 0.3) is 11.0 Å². The normalized spacial score (nSPS) is 10.8. The summed E-state index contributed by atoms with van der Waals surface area (Å²) in [5.74, 6) is -0.247. The topological polar surface area (TPSA) is 73.9 Å². The third kappa shape index (κ3) is 2.37. The SMILES string of the molecule is O=C(c1coc2ccccc12)N(CCO)CCO. The zero-order valence-electron chi connectivity index (χ0n) is 9.87. The first kappa shape index (κ1) is 12.6. The summed E-state index contributed by atoms with van der Waals surface area (Å²) in [4.78, 5) is 13.6. The van der Waals surface area contributed by atoms with Gasteiger partial charge in [-0.2, -0.15) is 0 Å². The molecule has 1 aromatic carbocycles. The average molecular weight is 249 g/mol. The number of amides is 1. The molecule has 0 aliphatic heterocycles. The van der Waals surface area contributed by atoms with Crippen LogP contribution in [0.4, 0.5) is 0 Å². The van der Waals surface area contributed by atoms with Gasteiger partial charge in [-0.15, -0.1) is 0 Å². The molecule has 2 aromatic rings. The quantitative estimate of drug-likeness (QED) is 0.824. The van der Waals surface area contributed by atoms with Crippen molar-refractivity contribution >= 4 is 16.9 Å². The van der Waals surface area contributed by atoms with Crippen molar-refractivity contribution in [1.82, 2.24) is 4.90 Å². The molecule has 96 valence electrons. The Balaban J connectivity index is 2.31. The van der Waals surface area contributed by atoms with Gasteiger partial charge in [0, 0.05) is 18.5 Å². The first-order valence-corrected chi connectivity index (χ1v) is 5.75. The Hall–Kier alpha value is -1.85. The molecule has 0 aliphatic carbocycles. The molecule has 5 nitrogen and oxygen atoms in total. The Morgan fingerprint density at radius 2 is 1.83 bits per heavy atom. The van der Waals surface area contributed by atoms with Gasteiger partial charge in [-0.05, 0) is 6.07 Å². The summed E-state index contributed by atoms with van der Waals surface area (Å²) in [5.41, 5.74) is 1.10. The minimum atomic E-state index is -0.247. The second-order valence-corrected chi connectivity index (χ2v) is 3.88. The number of fused-ring (bicyclic) bond motifs is 1. The minimum absolute atomic E-state index is 0.137. The summed E-state index contributed by atoms with van der Waals surface area (Å²) < 4.78 is 5.30. The Bertz CT molecular complexity index is 529. The molecule has 0 atom stereocenters. The Kier molecular flexibility index (Phi) is 3.96. The fraction of sp³-hybridized carbons (Fsp3) is 0.308. The maximum absolute atomic E-state index is 12.2. The highest BCUT2D eigenvalue weighted by molar-refractivity contribution is 6.05. The largest absolute Gasteiger partial charge is 0.463 e. The van der Waals surface area contributed by atoms with Gasteiger partial charge in [0.05, 0.1) is 18.8 Å². The highest BCUT2D eigenvalue weighted by Gasteiger charge is 2.19. The lowest BCUT2D eigenvalue weighted by Crippen LogP contribution is -2.35. The number of carbonyl (C=O) groups is 1. The van der Waals surface area contributed by atoms with Crippen LogP contribution in [0.3, 0.4) is 0 Å². The van der Waals surface area contributed by atoms with Crippen LogP contribution in [0.2, 0.25) is 0 Å². The fourth-order valence-electron chi connectivity index (χ4n) is 1.87. The lowest BCUT2D eigenvalue weighted by atomic mass is 10.1. The number of benzene rings is 1. The van der Waals surface area contributed by atoms with E-state index in [-0.39, 0.29) is 32.2 Å². The van der Waals surface area contributed by atoms with Gasteiger partial charge in [-0.1, -0.05) is 18.2 Å². The van der Waals surface area contributed by atoms with Crippen LogP contribution in [0.15, 0.2) is 34.9 Å². The molecule has 2 N–H and O–H groups in total. The number of nitrogens with zero attached hydrogens (tertiary/aromatic N) is 1. The smallest absolute Gasteiger partial charge is 0.257 e. The zero-order chi connectivity index (χ0) is 13.0. The van der Waals surface area contributed by atoms with Crippen LogP contribution < -0.4 is 0 Å². The molecule has 2 rings (SSSR count). The van der Waals surface area contributed by atoms with Gasteiger partial charge in [-0.3, -0.25) is 4.79 Å². The molecule has 1 amide bonds. The Morgan fingerprint density at radius 3 is 2.50 bits per heavy atom. The number of hydrogen-bond acceptors (Lipinski definition) is 4. The molecule has 5 heteroatoms. The molecule has 0 unspecified atom stereocenters. The third-order valence-electron chi connectivity index (χ3n) is 2.74. The van der Waals surface area contributed by atoms with E-state index in [0.29, 0.717) is 11.1 Å². The van der Waals surface area contributed by atoms with E-state index < -0.39 is 0 Å². The van der Waals surface area contributed by atoms with Gasteiger partial charge in [-0.25, -0.2) is 0 Å². The molecule has 1 aromatic heterocycles. The van der Waals surface area contributed by atoms with Crippen molar-refractivity contribution in [3.8, 4) is 0 Å². The molecule has 0 aliphatic rings. The lowest BCUT2D eigenvalue weighted by Gasteiger charge is -2.19. The molecular formula is C13H15NO4. The summed E-state index contributed by atoms with van der Waals surface area (Å²) in [5, 5.41) is 18.6.